The lowest BCUT2D eigenvalue weighted by Gasteiger charge is -1.91. The van der Waals surface area contributed by atoms with Crippen molar-refractivity contribution < 1.29 is 0 Å². The number of thioether (sulfide) groups is 1. The lowest BCUT2D eigenvalue weighted by atomic mass is 10.3. The van der Waals surface area contributed by atoms with E-state index in [1.807, 2.05) is 24.3 Å². The monoisotopic (exact) mass is 246 g/mol. The number of nitrogens with zero attached hydrogens (tertiary/aromatic N) is 3. The number of nitrogens with two attached hydrogens (primary N) is 1. The fourth-order valence-corrected chi connectivity index (χ4v) is 2.21. The quantitative estimate of drug-likeness (QED) is 0.609. The Kier molecular flexibility index (Phi) is 2.45. The number of nitrogen functional groups attached to an aromatic ring is 1. The first kappa shape index (κ1) is 10.2. The normalized spacial score (nSPS) is 11.1. The number of aromatic amines is 2. The molecule has 0 bridgehead atoms. The molecule has 1 aromatic carbocycles. The van der Waals surface area contributed by atoms with Crippen LogP contribution in [0.2, 0.25) is 0 Å². The van der Waals surface area contributed by atoms with Gasteiger partial charge in [0.1, 0.15) is 5.82 Å². The van der Waals surface area contributed by atoms with Crippen LogP contribution in [0.4, 0.5) is 5.95 Å². The summed E-state index contributed by atoms with van der Waals surface area (Å²) in [7, 11) is 0. The number of H-pyrrole nitrogens is 2. The highest BCUT2D eigenvalue weighted by Gasteiger charge is 2.05. The molecule has 0 saturated carbocycles. The molecule has 2 aromatic heterocycles. The number of benzene rings is 1. The van der Waals surface area contributed by atoms with Crippen LogP contribution < -0.4 is 5.73 Å². The average Bonchev–Trinajstić information content (AvgIpc) is 2.91. The minimum Gasteiger partial charge on any atom is -0.368 e. The molecule has 0 aliphatic carbocycles. The van der Waals surface area contributed by atoms with E-state index in [1.165, 1.54) is 11.8 Å². The molecule has 17 heavy (non-hydrogen) atoms. The first-order valence-corrected chi connectivity index (χ1v) is 6.04. The highest BCUT2D eigenvalue weighted by atomic mass is 32.2. The van der Waals surface area contributed by atoms with Gasteiger partial charge in [-0.3, -0.25) is 0 Å². The maximum Gasteiger partial charge on any atom is 0.216 e. The van der Waals surface area contributed by atoms with E-state index in [-0.39, 0.29) is 0 Å². The predicted molar refractivity (Wildman–Crippen MR) is 66.4 cm³/mol. The van der Waals surface area contributed by atoms with Crippen LogP contribution in [0.5, 0.6) is 0 Å². The van der Waals surface area contributed by atoms with E-state index in [0.717, 1.165) is 16.9 Å². The second-order valence-corrected chi connectivity index (χ2v) is 4.44. The maximum atomic E-state index is 5.44. The van der Waals surface area contributed by atoms with E-state index in [0.29, 0.717) is 16.9 Å². The van der Waals surface area contributed by atoms with Gasteiger partial charge in [-0.2, -0.15) is 4.98 Å². The molecule has 6 nitrogen and oxygen atoms in total. The Morgan fingerprint density at radius 1 is 1.24 bits per heavy atom. The van der Waals surface area contributed by atoms with E-state index in [9.17, 15) is 0 Å². The zero-order chi connectivity index (χ0) is 11.7. The third kappa shape index (κ3) is 2.09. The predicted octanol–water partition coefficient (Wildman–Crippen LogP) is 1.56. The number of imidazole rings is 1. The highest BCUT2D eigenvalue weighted by molar-refractivity contribution is 7.98. The van der Waals surface area contributed by atoms with Gasteiger partial charge in [0, 0.05) is 0 Å². The molecule has 0 unspecified atom stereocenters. The fourth-order valence-electron chi connectivity index (χ4n) is 1.53. The average molecular weight is 246 g/mol. The van der Waals surface area contributed by atoms with Crippen LogP contribution in [-0.4, -0.2) is 25.1 Å². The van der Waals surface area contributed by atoms with Gasteiger partial charge in [0.05, 0.1) is 16.8 Å². The Morgan fingerprint density at radius 3 is 2.88 bits per heavy atom. The van der Waals surface area contributed by atoms with Crippen molar-refractivity contribution in [2.75, 3.05) is 5.73 Å². The van der Waals surface area contributed by atoms with Crippen molar-refractivity contribution in [3.8, 4) is 0 Å². The van der Waals surface area contributed by atoms with Crippen LogP contribution >= 0.6 is 11.8 Å². The first-order valence-electron chi connectivity index (χ1n) is 5.05. The topological polar surface area (TPSA) is 96.3 Å². The lowest BCUT2D eigenvalue weighted by molar-refractivity contribution is 0.970. The molecular weight excluding hydrogens is 236 g/mol. The Labute approximate surface area is 101 Å². The van der Waals surface area contributed by atoms with Crippen molar-refractivity contribution in [3.05, 3.63) is 30.1 Å². The van der Waals surface area contributed by atoms with Gasteiger partial charge in [-0.15, -0.1) is 5.10 Å². The van der Waals surface area contributed by atoms with Crippen molar-refractivity contribution in [1.29, 1.82) is 0 Å². The number of fused-ring (bicyclic) bond motifs is 1. The number of anilines is 1. The van der Waals surface area contributed by atoms with Crippen LogP contribution in [0.1, 0.15) is 5.82 Å². The Morgan fingerprint density at radius 2 is 2.12 bits per heavy atom. The fraction of sp³-hybridized carbons (Fsp3) is 0.100. The molecule has 0 radical (unpaired) electrons. The third-order valence-electron chi connectivity index (χ3n) is 2.26. The zero-order valence-electron chi connectivity index (χ0n) is 8.84. The summed E-state index contributed by atoms with van der Waals surface area (Å²) in [5.41, 5.74) is 7.45. The van der Waals surface area contributed by atoms with Crippen molar-refractivity contribution in [2.45, 2.75) is 10.9 Å². The van der Waals surface area contributed by atoms with Crippen LogP contribution in [-0.2, 0) is 5.75 Å². The summed E-state index contributed by atoms with van der Waals surface area (Å²) in [5.74, 6) is 1.92. The zero-order valence-corrected chi connectivity index (χ0v) is 9.66. The van der Waals surface area contributed by atoms with Crippen LogP contribution in [0, 0.1) is 0 Å². The van der Waals surface area contributed by atoms with E-state index >= 15 is 0 Å². The third-order valence-corrected chi connectivity index (χ3v) is 3.12. The van der Waals surface area contributed by atoms with Gasteiger partial charge < -0.3 is 10.7 Å². The smallest absolute Gasteiger partial charge is 0.216 e. The molecule has 0 aliphatic heterocycles. The summed E-state index contributed by atoms with van der Waals surface area (Å²) in [6.07, 6.45) is 0. The summed E-state index contributed by atoms with van der Waals surface area (Å²) in [6.45, 7) is 0. The van der Waals surface area contributed by atoms with E-state index in [2.05, 4.69) is 25.1 Å². The van der Waals surface area contributed by atoms with Gasteiger partial charge in [0.2, 0.25) is 11.1 Å². The molecule has 0 aliphatic rings. The molecule has 0 atom stereocenters. The maximum absolute atomic E-state index is 5.44. The molecule has 4 N–H and O–H groups in total. The minimum absolute atomic E-state index is 0.331. The lowest BCUT2D eigenvalue weighted by Crippen LogP contribution is -1.86. The van der Waals surface area contributed by atoms with Crippen molar-refractivity contribution in [2.24, 2.45) is 0 Å². The van der Waals surface area contributed by atoms with Crippen LogP contribution in [0.3, 0.4) is 0 Å². The van der Waals surface area contributed by atoms with E-state index in [4.69, 9.17) is 5.73 Å². The molecule has 3 aromatic rings. The molecular formula is C10H10N6S. The van der Waals surface area contributed by atoms with E-state index in [1.54, 1.807) is 0 Å². The summed E-state index contributed by atoms with van der Waals surface area (Å²) in [4.78, 5) is 11.7. The second-order valence-electron chi connectivity index (χ2n) is 3.49. The molecule has 3 rings (SSSR count). The molecule has 0 saturated heterocycles. The summed E-state index contributed by atoms with van der Waals surface area (Å²) >= 11 is 1.48. The van der Waals surface area contributed by atoms with Crippen molar-refractivity contribution in [3.63, 3.8) is 0 Å². The number of hydrogen-bond acceptors (Lipinski definition) is 5. The van der Waals surface area contributed by atoms with E-state index < -0.39 is 0 Å². The second kappa shape index (κ2) is 4.10. The molecule has 0 spiro atoms. The van der Waals surface area contributed by atoms with Gasteiger partial charge >= 0.3 is 0 Å². The number of aromatic nitrogens is 5. The molecule has 0 fully saturated rings. The van der Waals surface area contributed by atoms with Crippen molar-refractivity contribution >= 4 is 28.7 Å². The number of para-hydroxylation sites is 2. The largest absolute Gasteiger partial charge is 0.368 e. The van der Waals surface area contributed by atoms with Crippen molar-refractivity contribution in [1.82, 2.24) is 25.1 Å². The Hall–Kier alpha value is -2.02. The molecule has 7 heteroatoms. The summed E-state index contributed by atoms with van der Waals surface area (Å²) in [5, 5.41) is 7.17. The van der Waals surface area contributed by atoms with Gasteiger partial charge in [0.15, 0.2) is 0 Å². The summed E-state index contributed by atoms with van der Waals surface area (Å²) < 4.78 is 0. The molecule has 2 heterocycles. The van der Waals surface area contributed by atoms with Gasteiger partial charge in [-0.25, -0.2) is 10.1 Å². The number of nitrogens with one attached hydrogen (secondary N) is 2. The van der Waals surface area contributed by atoms with Gasteiger partial charge in [0.25, 0.3) is 0 Å². The number of rotatable bonds is 3. The Bertz CT molecular complexity index is 610. The van der Waals surface area contributed by atoms with Crippen LogP contribution in [0.25, 0.3) is 11.0 Å². The Balaban J connectivity index is 1.76. The van der Waals surface area contributed by atoms with Gasteiger partial charge in [-0.05, 0) is 12.1 Å². The molecule has 86 valence electrons. The molecule has 0 amide bonds. The SMILES string of the molecule is Nc1nc(SCc2nc3ccccc3[nH]2)n[nH]1. The van der Waals surface area contributed by atoms with Gasteiger partial charge in [-0.1, -0.05) is 23.9 Å². The standard InChI is InChI=1S/C10H10N6S/c11-9-14-10(16-15-9)17-5-8-12-6-3-1-2-4-7(6)13-8/h1-4H,5H2,(H,12,13)(H3,11,14,15,16). The first-order chi connectivity index (χ1) is 8.31. The van der Waals surface area contributed by atoms with Crippen LogP contribution in [0.15, 0.2) is 29.4 Å². The highest BCUT2D eigenvalue weighted by Crippen LogP contribution is 2.19. The number of hydrogen-bond donors (Lipinski definition) is 3. The summed E-state index contributed by atoms with van der Waals surface area (Å²) in [6, 6.07) is 7.93. The minimum atomic E-state index is 0.331.